The summed E-state index contributed by atoms with van der Waals surface area (Å²) in [6.45, 7) is 4.43. The quantitative estimate of drug-likeness (QED) is 0.718. The second kappa shape index (κ2) is 5.67. The average molecular weight is 224 g/mol. The van der Waals surface area contributed by atoms with Gasteiger partial charge in [0.25, 0.3) is 0 Å². The molecule has 0 heterocycles. The van der Waals surface area contributed by atoms with Crippen LogP contribution >= 0.6 is 0 Å². The average Bonchev–Trinajstić information content (AvgIpc) is 2.34. The number of aryl methyl sites for hydroxylation is 3. The van der Waals surface area contributed by atoms with Gasteiger partial charge in [0, 0.05) is 0 Å². The first-order valence-electron chi connectivity index (χ1n) is 6.36. The van der Waals surface area contributed by atoms with Crippen LogP contribution in [0.2, 0.25) is 0 Å². The Kier molecular flexibility index (Phi) is 3.98. The highest BCUT2D eigenvalue weighted by molar-refractivity contribution is 5.33. The Hall–Kier alpha value is -1.56. The highest BCUT2D eigenvalue weighted by Crippen LogP contribution is 2.16. The van der Waals surface area contributed by atoms with E-state index < -0.39 is 0 Å². The molecule has 0 radical (unpaired) electrons. The van der Waals surface area contributed by atoms with E-state index in [-0.39, 0.29) is 0 Å². The van der Waals surface area contributed by atoms with Gasteiger partial charge in [0.1, 0.15) is 0 Å². The maximum atomic E-state index is 2.21. The molecule has 0 bridgehead atoms. The molecule has 0 aliphatic carbocycles. The molecule has 0 aromatic heterocycles. The summed E-state index contributed by atoms with van der Waals surface area (Å²) in [6, 6.07) is 17.3. The van der Waals surface area contributed by atoms with Crippen LogP contribution in [0.3, 0.4) is 0 Å². The summed E-state index contributed by atoms with van der Waals surface area (Å²) in [7, 11) is 0. The van der Waals surface area contributed by atoms with Crippen molar-refractivity contribution in [1.29, 1.82) is 0 Å². The Balaban J connectivity index is 1.95. The number of hydrogen-bond donors (Lipinski definition) is 0. The summed E-state index contributed by atoms with van der Waals surface area (Å²) < 4.78 is 0. The zero-order valence-corrected chi connectivity index (χ0v) is 10.7. The fourth-order valence-electron chi connectivity index (χ4n) is 2.36. The van der Waals surface area contributed by atoms with E-state index in [1.165, 1.54) is 41.5 Å². The van der Waals surface area contributed by atoms with E-state index in [1.54, 1.807) is 0 Å². The van der Waals surface area contributed by atoms with E-state index in [0.717, 1.165) is 0 Å². The van der Waals surface area contributed by atoms with Gasteiger partial charge in [-0.15, -0.1) is 0 Å². The minimum Gasteiger partial charge on any atom is -0.0622 e. The third kappa shape index (κ3) is 3.20. The summed E-state index contributed by atoms with van der Waals surface area (Å²) >= 11 is 0. The van der Waals surface area contributed by atoms with Crippen molar-refractivity contribution in [2.24, 2.45) is 0 Å². The number of hydrogen-bond acceptors (Lipinski definition) is 0. The lowest BCUT2D eigenvalue weighted by Crippen LogP contribution is -1.95. The molecule has 0 N–H and O–H groups in total. The summed E-state index contributed by atoms with van der Waals surface area (Å²) in [5.41, 5.74) is 5.83. The summed E-state index contributed by atoms with van der Waals surface area (Å²) in [4.78, 5) is 0. The second-order valence-corrected chi connectivity index (χ2v) is 4.71. The van der Waals surface area contributed by atoms with Crippen molar-refractivity contribution in [1.82, 2.24) is 0 Å². The molecule has 0 nitrogen and oxygen atoms in total. The largest absolute Gasteiger partial charge is 0.0622 e. The van der Waals surface area contributed by atoms with E-state index in [4.69, 9.17) is 0 Å². The fourth-order valence-corrected chi connectivity index (χ4v) is 2.36. The topological polar surface area (TPSA) is 0 Å². The third-order valence-electron chi connectivity index (χ3n) is 3.38. The molecule has 0 aliphatic rings. The van der Waals surface area contributed by atoms with Crippen LogP contribution in [-0.4, -0.2) is 0 Å². The van der Waals surface area contributed by atoms with Crippen LogP contribution in [0.25, 0.3) is 0 Å². The monoisotopic (exact) mass is 224 g/mol. The Morgan fingerprint density at radius 2 is 1.35 bits per heavy atom. The molecule has 0 heteroatoms. The van der Waals surface area contributed by atoms with E-state index in [1.807, 2.05) is 0 Å². The van der Waals surface area contributed by atoms with E-state index in [2.05, 4.69) is 62.4 Å². The molecule has 0 atom stereocenters. The van der Waals surface area contributed by atoms with Crippen LogP contribution in [0, 0.1) is 13.8 Å². The van der Waals surface area contributed by atoms with Crippen LogP contribution in [0.4, 0.5) is 0 Å². The minimum absolute atomic E-state index is 1.18. The molecule has 0 aliphatic heterocycles. The van der Waals surface area contributed by atoms with Crippen molar-refractivity contribution in [2.75, 3.05) is 0 Å². The van der Waals surface area contributed by atoms with Crippen LogP contribution in [0.1, 0.15) is 28.7 Å². The second-order valence-electron chi connectivity index (χ2n) is 4.71. The molecule has 2 aromatic rings. The standard InChI is InChI=1S/C17H20/c1-14-8-6-9-15(2)17(14)13-7-12-16-10-4-3-5-11-16/h3-6,8-11H,7,12-13H2,1-2H3. The fraction of sp³-hybridized carbons (Fsp3) is 0.294. The van der Waals surface area contributed by atoms with Gasteiger partial charge < -0.3 is 0 Å². The van der Waals surface area contributed by atoms with Gasteiger partial charge in [-0.2, -0.15) is 0 Å². The molecule has 0 unspecified atom stereocenters. The molecule has 0 amide bonds. The lowest BCUT2D eigenvalue weighted by atomic mass is 9.97. The Labute approximate surface area is 104 Å². The van der Waals surface area contributed by atoms with Crippen molar-refractivity contribution in [2.45, 2.75) is 33.1 Å². The van der Waals surface area contributed by atoms with Gasteiger partial charge in [-0.3, -0.25) is 0 Å². The van der Waals surface area contributed by atoms with Crippen LogP contribution < -0.4 is 0 Å². The molecule has 17 heavy (non-hydrogen) atoms. The first-order valence-corrected chi connectivity index (χ1v) is 6.36. The maximum Gasteiger partial charge on any atom is -0.0270 e. The predicted molar refractivity (Wildman–Crippen MR) is 74.4 cm³/mol. The molecule has 0 spiro atoms. The normalized spacial score (nSPS) is 10.5. The van der Waals surface area contributed by atoms with Gasteiger partial charge in [0.2, 0.25) is 0 Å². The smallest absolute Gasteiger partial charge is 0.0270 e. The van der Waals surface area contributed by atoms with Crippen molar-refractivity contribution in [3.8, 4) is 0 Å². The molecule has 0 saturated carbocycles. The third-order valence-corrected chi connectivity index (χ3v) is 3.38. The highest BCUT2D eigenvalue weighted by atomic mass is 14.1. The maximum absolute atomic E-state index is 2.21. The van der Waals surface area contributed by atoms with Gasteiger partial charge in [-0.1, -0.05) is 48.5 Å². The van der Waals surface area contributed by atoms with E-state index >= 15 is 0 Å². The lowest BCUT2D eigenvalue weighted by molar-refractivity contribution is 0.811. The van der Waals surface area contributed by atoms with Gasteiger partial charge in [0.15, 0.2) is 0 Å². The van der Waals surface area contributed by atoms with Crippen LogP contribution in [0.5, 0.6) is 0 Å². The Bertz CT molecular complexity index is 448. The number of rotatable bonds is 4. The van der Waals surface area contributed by atoms with Gasteiger partial charge >= 0.3 is 0 Å². The van der Waals surface area contributed by atoms with Crippen LogP contribution in [-0.2, 0) is 12.8 Å². The van der Waals surface area contributed by atoms with E-state index in [9.17, 15) is 0 Å². The van der Waals surface area contributed by atoms with Crippen LogP contribution in [0.15, 0.2) is 48.5 Å². The molecule has 0 fully saturated rings. The first-order chi connectivity index (χ1) is 8.27. The van der Waals surface area contributed by atoms with Crippen molar-refractivity contribution >= 4 is 0 Å². The summed E-state index contributed by atoms with van der Waals surface area (Å²) in [5.74, 6) is 0. The first kappa shape index (κ1) is 11.9. The number of benzene rings is 2. The minimum atomic E-state index is 1.18. The molecule has 2 aromatic carbocycles. The summed E-state index contributed by atoms with van der Waals surface area (Å²) in [6.07, 6.45) is 3.59. The highest BCUT2D eigenvalue weighted by Gasteiger charge is 2.01. The van der Waals surface area contributed by atoms with Gasteiger partial charge in [-0.25, -0.2) is 0 Å². The lowest BCUT2D eigenvalue weighted by Gasteiger charge is -2.09. The van der Waals surface area contributed by atoms with Crippen molar-refractivity contribution < 1.29 is 0 Å². The SMILES string of the molecule is Cc1cccc(C)c1CCCc1ccccc1. The molecular weight excluding hydrogens is 204 g/mol. The Morgan fingerprint density at radius 3 is 2.00 bits per heavy atom. The van der Waals surface area contributed by atoms with Crippen molar-refractivity contribution in [3.63, 3.8) is 0 Å². The zero-order chi connectivity index (χ0) is 12.1. The zero-order valence-electron chi connectivity index (χ0n) is 10.7. The Morgan fingerprint density at radius 1 is 0.706 bits per heavy atom. The molecule has 88 valence electrons. The molecule has 0 saturated heterocycles. The summed E-state index contributed by atoms with van der Waals surface area (Å²) in [5, 5.41) is 0. The molecule has 2 rings (SSSR count). The van der Waals surface area contributed by atoms with Crippen molar-refractivity contribution in [3.05, 3.63) is 70.8 Å². The molecular formula is C17H20. The van der Waals surface area contributed by atoms with E-state index in [0.29, 0.717) is 0 Å². The predicted octanol–water partition coefficient (Wildman–Crippen LogP) is 4.48. The van der Waals surface area contributed by atoms with Gasteiger partial charge in [0.05, 0.1) is 0 Å². The van der Waals surface area contributed by atoms with Gasteiger partial charge in [-0.05, 0) is 55.4 Å².